The summed E-state index contributed by atoms with van der Waals surface area (Å²) >= 11 is 0. The quantitative estimate of drug-likeness (QED) is 0.502. The van der Waals surface area contributed by atoms with Crippen molar-refractivity contribution in [3.63, 3.8) is 0 Å². The maximum Gasteiger partial charge on any atom is 0.303 e. The highest BCUT2D eigenvalue weighted by Gasteiger charge is 2.20. The minimum Gasteiger partial charge on any atom is -0.481 e. The number of rotatable bonds is 7. The topological polar surface area (TPSA) is 57.5 Å². The second-order valence-corrected chi connectivity index (χ2v) is 4.26. The predicted molar refractivity (Wildman–Crippen MR) is 58.5 cm³/mol. The summed E-state index contributed by atoms with van der Waals surface area (Å²) in [6.45, 7) is 0.246. The van der Waals surface area contributed by atoms with Crippen LogP contribution in [0.1, 0.15) is 38.5 Å². The van der Waals surface area contributed by atoms with Gasteiger partial charge < -0.3 is 10.2 Å². The largest absolute Gasteiger partial charge is 0.481 e. The van der Waals surface area contributed by atoms with Crippen LogP contribution in [0.2, 0.25) is 0 Å². The molecule has 2 N–H and O–H groups in total. The van der Waals surface area contributed by atoms with Gasteiger partial charge in [-0.15, -0.1) is 0 Å². The summed E-state index contributed by atoms with van der Waals surface area (Å²) in [7, 11) is 0. The molecule has 0 radical (unpaired) electrons. The number of allylic oxidation sites excluding steroid dienone is 1. The van der Waals surface area contributed by atoms with E-state index in [0.29, 0.717) is 11.8 Å². The minimum absolute atomic E-state index is 0.246. The Bertz CT molecular complexity index is 223. The molecule has 0 unspecified atom stereocenters. The molecule has 0 heterocycles. The molecule has 1 aliphatic rings. The molecular weight excluding hydrogens is 192 g/mol. The summed E-state index contributed by atoms with van der Waals surface area (Å²) in [5.74, 6) is 0.218. The number of unbranched alkanes of at least 4 members (excludes halogenated alkanes) is 2. The molecule has 0 fully saturated rings. The van der Waals surface area contributed by atoms with Crippen molar-refractivity contribution in [2.75, 3.05) is 6.61 Å². The Labute approximate surface area is 90.8 Å². The molecule has 0 spiro atoms. The van der Waals surface area contributed by atoms with E-state index in [1.54, 1.807) is 0 Å². The summed E-state index contributed by atoms with van der Waals surface area (Å²) in [4.78, 5) is 10.3. The molecule has 3 nitrogen and oxygen atoms in total. The Morgan fingerprint density at radius 2 is 2.13 bits per heavy atom. The second-order valence-electron chi connectivity index (χ2n) is 4.26. The first-order chi connectivity index (χ1) is 7.24. The van der Waals surface area contributed by atoms with E-state index >= 15 is 0 Å². The number of aliphatic hydroxyl groups is 1. The van der Waals surface area contributed by atoms with E-state index in [-0.39, 0.29) is 13.0 Å². The molecule has 0 aromatic heterocycles. The van der Waals surface area contributed by atoms with Crippen LogP contribution in [-0.2, 0) is 4.79 Å². The fourth-order valence-corrected chi connectivity index (χ4v) is 2.16. The van der Waals surface area contributed by atoms with E-state index in [9.17, 15) is 4.79 Å². The lowest BCUT2D eigenvalue weighted by Crippen LogP contribution is -2.12. The monoisotopic (exact) mass is 212 g/mol. The van der Waals surface area contributed by atoms with Crippen molar-refractivity contribution >= 4 is 5.97 Å². The van der Waals surface area contributed by atoms with Gasteiger partial charge in [-0.25, -0.2) is 0 Å². The van der Waals surface area contributed by atoms with Crippen molar-refractivity contribution in [3.8, 4) is 0 Å². The summed E-state index contributed by atoms with van der Waals surface area (Å²) in [5, 5.41) is 17.5. The zero-order valence-corrected chi connectivity index (χ0v) is 9.06. The van der Waals surface area contributed by atoms with Gasteiger partial charge in [0, 0.05) is 18.9 Å². The molecule has 0 saturated heterocycles. The number of carboxylic acid groups (broad SMARTS) is 1. The molecular formula is C12H20O3. The fraction of sp³-hybridized carbons (Fsp3) is 0.750. The van der Waals surface area contributed by atoms with Crippen molar-refractivity contribution in [2.45, 2.75) is 38.5 Å². The maximum atomic E-state index is 10.3. The molecule has 0 amide bonds. The van der Waals surface area contributed by atoms with Crippen molar-refractivity contribution < 1.29 is 15.0 Å². The number of carboxylic acids is 1. The zero-order valence-electron chi connectivity index (χ0n) is 9.06. The zero-order chi connectivity index (χ0) is 11.1. The molecule has 15 heavy (non-hydrogen) atoms. The van der Waals surface area contributed by atoms with Crippen LogP contribution in [0.5, 0.6) is 0 Å². The molecule has 0 aromatic carbocycles. The van der Waals surface area contributed by atoms with E-state index in [4.69, 9.17) is 10.2 Å². The van der Waals surface area contributed by atoms with Gasteiger partial charge in [-0.3, -0.25) is 4.79 Å². The van der Waals surface area contributed by atoms with Crippen molar-refractivity contribution in [3.05, 3.63) is 12.2 Å². The van der Waals surface area contributed by atoms with Crippen molar-refractivity contribution in [1.29, 1.82) is 0 Å². The highest BCUT2D eigenvalue weighted by molar-refractivity contribution is 5.66. The third-order valence-corrected chi connectivity index (χ3v) is 3.10. The van der Waals surface area contributed by atoms with Crippen LogP contribution in [0, 0.1) is 11.8 Å². The van der Waals surface area contributed by atoms with Crippen LogP contribution in [0.4, 0.5) is 0 Å². The Morgan fingerprint density at radius 1 is 1.33 bits per heavy atom. The van der Waals surface area contributed by atoms with Gasteiger partial charge in [0.05, 0.1) is 0 Å². The minimum atomic E-state index is -0.703. The van der Waals surface area contributed by atoms with E-state index in [2.05, 4.69) is 12.2 Å². The van der Waals surface area contributed by atoms with Gasteiger partial charge in [0.15, 0.2) is 0 Å². The number of carbonyl (C=O) groups is 1. The first-order valence-corrected chi connectivity index (χ1v) is 5.73. The van der Waals surface area contributed by atoms with E-state index in [0.717, 1.165) is 32.1 Å². The Kier molecular flexibility index (Phi) is 5.40. The Balaban J connectivity index is 2.03. The molecule has 2 atom stereocenters. The number of hydrogen-bond donors (Lipinski definition) is 2. The molecule has 0 saturated carbocycles. The van der Waals surface area contributed by atoms with Crippen LogP contribution in [0.25, 0.3) is 0 Å². The lowest BCUT2D eigenvalue weighted by Gasteiger charge is -2.16. The first kappa shape index (κ1) is 12.2. The predicted octanol–water partition coefficient (Wildman–Crippen LogP) is 2.21. The van der Waals surface area contributed by atoms with Crippen LogP contribution < -0.4 is 0 Å². The van der Waals surface area contributed by atoms with Gasteiger partial charge in [-0.2, -0.15) is 0 Å². The standard InChI is InChI=1S/C12H20O3/c13-9-11-7-4-6-10(11)5-2-1-3-8-12(14)15/h4,7,10-11,13H,1-3,5-6,8-9H2,(H,14,15)/t10-,11+/m1/s1. The molecule has 3 heteroatoms. The molecule has 1 aliphatic carbocycles. The summed E-state index contributed by atoms with van der Waals surface area (Å²) < 4.78 is 0. The van der Waals surface area contributed by atoms with Gasteiger partial charge in [-0.05, 0) is 25.2 Å². The molecule has 0 aliphatic heterocycles. The normalized spacial score (nSPS) is 24.6. The highest BCUT2D eigenvalue weighted by atomic mass is 16.4. The van der Waals surface area contributed by atoms with Crippen molar-refractivity contribution in [1.82, 2.24) is 0 Å². The van der Waals surface area contributed by atoms with Crippen LogP contribution in [-0.4, -0.2) is 22.8 Å². The van der Waals surface area contributed by atoms with Gasteiger partial charge in [0.1, 0.15) is 0 Å². The van der Waals surface area contributed by atoms with Gasteiger partial charge in [0.2, 0.25) is 0 Å². The van der Waals surface area contributed by atoms with Crippen LogP contribution in [0.15, 0.2) is 12.2 Å². The van der Waals surface area contributed by atoms with E-state index in [1.807, 2.05) is 0 Å². The number of aliphatic hydroxyl groups excluding tert-OH is 1. The summed E-state index contributed by atoms with van der Waals surface area (Å²) in [6, 6.07) is 0. The maximum absolute atomic E-state index is 10.3. The first-order valence-electron chi connectivity index (χ1n) is 5.73. The van der Waals surface area contributed by atoms with E-state index in [1.165, 1.54) is 0 Å². The second kappa shape index (κ2) is 6.62. The van der Waals surface area contributed by atoms with Crippen molar-refractivity contribution in [2.24, 2.45) is 11.8 Å². The van der Waals surface area contributed by atoms with Gasteiger partial charge >= 0.3 is 5.97 Å². The lowest BCUT2D eigenvalue weighted by atomic mass is 9.90. The van der Waals surface area contributed by atoms with E-state index < -0.39 is 5.97 Å². The lowest BCUT2D eigenvalue weighted by molar-refractivity contribution is -0.137. The van der Waals surface area contributed by atoms with Gasteiger partial charge in [0.25, 0.3) is 0 Å². The fourth-order valence-electron chi connectivity index (χ4n) is 2.16. The average Bonchev–Trinajstić information content (AvgIpc) is 2.64. The molecule has 0 aromatic rings. The summed E-state index contributed by atoms with van der Waals surface area (Å²) in [6.07, 6.45) is 9.55. The number of hydrogen-bond acceptors (Lipinski definition) is 2. The Morgan fingerprint density at radius 3 is 2.80 bits per heavy atom. The average molecular weight is 212 g/mol. The molecule has 86 valence electrons. The Hall–Kier alpha value is -0.830. The SMILES string of the molecule is O=C(O)CCCCC[C@@H]1CC=C[C@H]1CO. The molecule has 0 bridgehead atoms. The van der Waals surface area contributed by atoms with Crippen LogP contribution >= 0.6 is 0 Å². The smallest absolute Gasteiger partial charge is 0.303 e. The summed E-state index contributed by atoms with van der Waals surface area (Å²) in [5.41, 5.74) is 0. The third-order valence-electron chi connectivity index (χ3n) is 3.10. The van der Waals surface area contributed by atoms with Gasteiger partial charge in [-0.1, -0.05) is 25.0 Å². The highest BCUT2D eigenvalue weighted by Crippen LogP contribution is 2.29. The number of aliphatic carboxylic acids is 1. The van der Waals surface area contributed by atoms with Crippen LogP contribution in [0.3, 0.4) is 0 Å². The third kappa shape index (κ3) is 4.47. The molecule has 1 rings (SSSR count).